The van der Waals surface area contributed by atoms with Gasteiger partial charge in [0.2, 0.25) is 0 Å². The third kappa shape index (κ3) is 4.38. The fourth-order valence-corrected chi connectivity index (χ4v) is 2.50. The summed E-state index contributed by atoms with van der Waals surface area (Å²) in [7, 11) is 0. The van der Waals surface area contributed by atoms with Crippen LogP contribution < -0.4 is 11.1 Å². The molecule has 0 aromatic heterocycles. The average molecular weight is 280 g/mol. The lowest BCUT2D eigenvalue weighted by molar-refractivity contribution is 0.587. The normalized spacial score (nSPS) is 17.2. The van der Waals surface area contributed by atoms with Gasteiger partial charge in [-0.3, -0.25) is 0 Å². The Balaban J connectivity index is 1.91. The molecule has 0 saturated heterocycles. The first-order chi connectivity index (χ1) is 10.1. The third-order valence-corrected chi connectivity index (χ3v) is 3.79. The first-order valence-corrected chi connectivity index (χ1v) is 7.40. The van der Waals surface area contributed by atoms with Crippen LogP contribution in [0.3, 0.4) is 0 Å². The molecule has 0 spiro atoms. The van der Waals surface area contributed by atoms with Gasteiger partial charge < -0.3 is 11.1 Å². The predicted octanol–water partition coefficient (Wildman–Crippen LogP) is 4.27. The highest BCUT2D eigenvalue weighted by atomic mass is 14.9. The molecule has 1 unspecified atom stereocenters. The lowest BCUT2D eigenvalue weighted by Crippen LogP contribution is -2.13. The van der Waals surface area contributed by atoms with Crippen LogP contribution in [0, 0.1) is 12.8 Å². The first-order valence-electron chi connectivity index (χ1n) is 7.40. The number of aryl methyl sites for hydroxylation is 1. The van der Waals surface area contributed by atoms with Crippen molar-refractivity contribution in [2.24, 2.45) is 11.7 Å². The number of allylic oxidation sites excluding steroid dienone is 4. The van der Waals surface area contributed by atoms with E-state index in [1.165, 1.54) is 5.56 Å². The van der Waals surface area contributed by atoms with Crippen LogP contribution in [-0.4, -0.2) is 0 Å². The summed E-state index contributed by atoms with van der Waals surface area (Å²) in [5.74, 6) is 0.558. The summed E-state index contributed by atoms with van der Waals surface area (Å²) in [6, 6.07) is 8.27. The maximum atomic E-state index is 5.62. The molecule has 2 rings (SSSR count). The van der Waals surface area contributed by atoms with E-state index in [0.717, 1.165) is 41.9 Å². The van der Waals surface area contributed by atoms with Crippen LogP contribution in [0.1, 0.15) is 30.4 Å². The van der Waals surface area contributed by atoms with Gasteiger partial charge in [-0.1, -0.05) is 49.6 Å². The Morgan fingerprint density at radius 2 is 2.10 bits per heavy atom. The Morgan fingerprint density at radius 1 is 1.33 bits per heavy atom. The minimum atomic E-state index is 0.558. The van der Waals surface area contributed by atoms with Crippen LogP contribution in [0.25, 0.3) is 5.70 Å². The second kappa shape index (κ2) is 6.98. The molecule has 3 N–H and O–H groups in total. The minimum Gasteiger partial charge on any atom is -0.403 e. The van der Waals surface area contributed by atoms with Crippen LogP contribution in [0.15, 0.2) is 67.0 Å². The molecule has 110 valence electrons. The summed E-state index contributed by atoms with van der Waals surface area (Å²) in [6.07, 6.45) is 9.60. The number of benzene rings is 1. The Bertz CT molecular complexity index is 593. The summed E-state index contributed by atoms with van der Waals surface area (Å²) in [5, 5.41) is 3.40. The topological polar surface area (TPSA) is 38.0 Å². The zero-order chi connectivity index (χ0) is 15.2. The van der Waals surface area contributed by atoms with Crippen molar-refractivity contribution in [1.29, 1.82) is 0 Å². The molecule has 0 heterocycles. The molecule has 0 fully saturated rings. The van der Waals surface area contributed by atoms with Crippen LogP contribution in [-0.2, 0) is 0 Å². The van der Waals surface area contributed by atoms with E-state index in [9.17, 15) is 0 Å². The number of nitrogens with two attached hydrogens (primary N) is 1. The van der Waals surface area contributed by atoms with E-state index in [0.29, 0.717) is 5.92 Å². The van der Waals surface area contributed by atoms with E-state index in [1.54, 1.807) is 0 Å². The Labute approximate surface area is 127 Å². The molecule has 21 heavy (non-hydrogen) atoms. The van der Waals surface area contributed by atoms with Crippen LogP contribution in [0.4, 0.5) is 0 Å². The van der Waals surface area contributed by atoms with Gasteiger partial charge >= 0.3 is 0 Å². The third-order valence-electron chi connectivity index (χ3n) is 3.79. The van der Waals surface area contributed by atoms with Crippen molar-refractivity contribution in [2.75, 3.05) is 0 Å². The summed E-state index contributed by atoms with van der Waals surface area (Å²) in [4.78, 5) is 0. The van der Waals surface area contributed by atoms with E-state index < -0.39 is 0 Å². The van der Waals surface area contributed by atoms with Crippen LogP contribution in [0.2, 0.25) is 0 Å². The van der Waals surface area contributed by atoms with Gasteiger partial charge in [-0.25, -0.2) is 0 Å². The molecule has 2 nitrogen and oxygen atoms in total. The highest BCUT2D eigenvalue weighted by Gasteiger charge is 2.10. The summed E-state index contributed by atoms with van der Waals surface area (Å²) >= 11 is 0. The zero-order valence-corrected chi connectivity index (χ0v) is 12.7. The number of hydrogen-bond acceptors (Lipinski definition) is 2. The molecule has 1 atom stereocenters. The monoisotopic (exact) mass is 280 g/mol. The molecule has 0 radical (unpaired) electrons. The van der Waals surface area contributed by atoms with Gasteiger partial charge in [0.05, 0.1) is 0 Å². The molecule has 1 aromatic carbocycles. The summed E-state index contributed by atoms with van der Waals surface area (Å²) < 4.78 is 0. The Morgan fingerprint density at radius 3 is 2.71 bits per heavy atom. The number of rotatable bonds is 6. The zero-order valence-electron chi connectivity index (χ0n) is 12.7. The fraction of sp³-hybridized carbons (Fsp3) is 0.263. The van der Waals surface area contributed by atoms with Gasteiger partial charge in [0.15, 0.2) is 0 Å². The Kier molecular flexibility index (Phi) is 5.04. The SMILES string of the molecule is C=C(N)CCC1C=CC(NC(=C)c2ccccc2C)=CC1. The maximum Gasteiger partial charge on any atom is 0.0387 e. The Hall–Kier alpha value is -2.22. The van der Waals surface area contributed by atoms with Crippen molar-refractivity contribution < 1.29 is 0 Å². The minimum absolute atomic E-state index is 0.558. The molecular formula is C19H24N2. The van der Waals surface area contributed by atoms with Crippen molar-refractivity contribution in [1.82, 2.24) is 5.32 Å². The standard InChI is InChI=1S/C19H24N2/c1-14-6-4-5-7-19(14)16(3)21-18-12-10-17(11-13-18)9-8-15(2)20/h4-7,10,12-13,17,21H,2-3,8-9,11,20H2,1H3. The van der Waals surface area contributed by atoms with Gasteiger partial charge in [0.25, 0.3) is 0 Å². The number of nitrogens with one attached hydrogen (secondary N) is 1. The molecule has 1 aromatic rings. The molecule has 2 heteroatoms. The van der Waals surface area contributed by atoms with Gasteiger partial charge in [-0.15, -0.1) is 0 Å². The van der Waals surface area contributed by atoms with E-state index in [1.807, 2.05) is 12.1 Å². The fourth-order valence-electron chi connectivity index (χ4n) is 2.50. The smallest absolute Gasteiger partial charge is 0.0387 e. The van der Waals surface area contributed by atoms with Crippen molar-refractivity contribution in [3.8, 4) is 0 Å². The largest absolute Gasteiger partial charge is 0.403 e. The molecule has 0 aliphatic heterocycles. The molecule has 0 bridgehead atoms. The highest BCUT2D eigenvalue weighted by molar-refractivity contribution is 5.66. The quantitative estimate of drug-likeness (QED) is 0.816. The van der Waals surface area contributed by atoms with E-state index in [4.69, 9.17) is 5.73 Å². The van der Waals surface area contributed by atoms with Crippen molar-refractivity contribution in [3.63, 3.8) is 0 Å². The van der Waals surface area contributed by atoms with E-state index in [2.05, 4.69) is 55.8 Å². The predicted molar refractivity (Wildman–Crippen MR) is 91.2 cm³/mol. The molecule has 1 aliphatic rings. The van der Waals surface area contributed by atoms with Gasteiger partial charge in [0.1, 0.15) is 0 Å². The summed E-state index contributed by atoms with van der Waals surface area (Å²) in [6.45, 7) is 9.99. The lowest BCUT2D eigenvalue weighted by atomic mass is 9.94. The van der Waals surface area contributed by atoms with E-state index in [-0.39, 0.29) is 0 Å². The van der Waals surface area contributed by atoms with Crippen molar-refractivity contribution in [2.45, 2.75) is 26.2 Å². The van der Waals surface area contributed by atoms with Crippen LogP contribution >= 0.6 is 0 Å². The second-order valence-electron chi connectivity index (χ2n) is 5.63. The molecule has 0 amide bonds. The van der Waals surface area contributed by atoms with Crippen LogP contribution in [0.5, 0.6) is 0 Å². The average Bonchev–Trinajstić information content (AvgIpc) is 2.47. The molecule has 1 aliphatic carbocycles. The van der Waals surface area contributed by atoms with Gasteiger partial charge in [-0.2, -0.15) is 0 Å². The van der Waals surface area contributed by atoms with Gasteiger partial charge in [0, 0.05) is 22.7 Å². The maximum absolute atomic E-state index is 5.62. The molecular weight excluding hydrogens is 256 g/mol. The van der Waals surface area contributed by atoms with Gasteiger partial charge in [-0.05, 0) is 43.7 Å². The van der Waals surface area contributed by atoms with Crippen molar-refractivity contribution in [3.05, 3.63) is 78.2 Å². The summed E-state index contributed by atoms with van der Waals surface area (Å²) in [5.41, 5.74) is 10.8. The van der Waals surface area contributed by atoms with Crippen molar-refractivity contribution >= 4 is 5.70 Å². The highest BCUT2D eigenvalue weighted by Crippen LogP contribution is 2.22. The first kappa shape index (κ1) is 15.2. The second-order valence-corrected chi connectivity index (χ2v) is 5.63. The van der Waals surface area contributed by atoms with E-state index >= 15 is 0 Å². The lowest BCUT2D eigenvalue weighted by Gasteiger charge is -2.19. The number of hydrogen-bond donors (Lipinski definition) is 2. The molecule has 0 saturated carbocycles.